The van der Waals surface area contributed by atoms with E-state index < -0.39 is 0 Å². The highest BCUT2D eigenvalue weighted by Crippen LogP contribution is 2.36. The Labute approximate surface area is 180 Å². The predicted octanol–water partition coefficient (Wildman–Crippen LogP) is 9.33. The Kier molecular flexibility index (Phi) is 9.58. The van der Waals surface area contributed by atoms with Crippen LogP contribution in [0.15, 0.2) is 43.0 Å². The van der Waals surface area contributed by atoms with Crippen molar-refractivity contribution in [3.05, 3.63) is 54.1 Å². The molecular weight excluding hydrogens is 348 g/mol. The molecule has 0 heteroatoms. The largest absolute Gasteiger partial charge is 0.103 e. The van der Waals surface area contributed by atoms with Crippen molar-refractivity contribution < 1.29 is 0 Å². The molecule has 0 heterocycles. The lowest BCUT2D eigenvalue weighted by Crippen LogP contribution is -2.13. The van der Waals surface area contributed by atoms with Crippen LogP contribution in [-0.4, -0.2) is 0 Å². The summed E-state index contributed by atoms with van der Waals surface area (Å²) in [5, 5.41) is 0. The van der Waals surface area contributed by atoms with Gasteiger partial charge in [-0.15, -0.1) is 6.58 Å². The zero-order chi connectivity index (χ0) is 20.3. The van der Waals surface area contributed by atoms with Crippen LogP contribution in [0.2, 0.25) is 0 Å². The molecule has 3 rings (SSSR count). The highest BCUT2D eigenvalue weighted by atomic mass is 14.3. The van der Waals surface area contributed by atoms with Gasteiger partial charge in [-0.1, -0.05) is 87.9 Å². The zero-order valence-corrected chi connectivity index (χ0v) is 19.0. The summed E-state index contributed by atoms with van der Waals surface area (Å²) >= 11 is 0. The standard InChI is InChI=1S/C29H44/c1-3-5-6-7-8-9-25-10-12-26(13-11-25)14-15-27-18-22-29(23-19-27)28-20-16-24(4-2)17-21-28/h4,14-15,18-19,22-26,28H,2-3,5-13,16-17,20-21H2,1H3. The van der Waals surface area contributed by atoms with Gasteiger partial charge < -0.3 is 0 Å². The molecule has 0 radical (unpaired) electrons. The van der Waals surface area contributed by atoms with E-state index in [9.17, 15) is 0 Å². The van der Waals surface area contributed by atoms with Crippen LogP contribution in [0.5, 0.6) is 0 Å². The van der Waals surface area contributed by atoms with Crippen LogP contribution in [-0.2, 0) is 0 Å². The molecule has 2 aliphatic rings. The van der Waals surface area contributed by atoms with Crippen molar-refractivity contribution in [2.45, 2.75) is 103 Å². The van der Waals surface area contributed by atoms with Crippen molar-refractivity contribution in [2.75, 3.05) is 0 Å². The Morgan fingerprint density at radius 2 is 1.45 bits per heavy atom. The third-order valence-electron chi connectivity index (χ3n) is 7.68. The lowest BCUT2D eigenvalue weighted by atomic mass is 9.78. The monoisotopic (exact) mass is 392 g/mol. The summed E-state index contributed by atoms with van der Waals surface area (Å²) in [7, 11) is 0. The fourth-order valence-corrected chi connectivity index (χ4v) is 5.52. The van der Waals surface area contributed by atoms with Crippen molar-refractivity contribution >= 4 is 6.08 Å². The highest BCUT2D eigenvalue weighted by molar-refractivity contribution is 5.50. The molecule has 2 fully saturated rings. The zero-order valence-electron chi connectivity index (χ0n) is 19.0. The summed E-state index contributed by atoms with van der Waals surface area (Å²) in [6, 6.07) is 9.45. The van der Waals surface area contributed by atoms with Gasteiger partial charge in [0.1, 0.15) is 0 Å². The molecule has 2 saturated carbocycles. The lowest BCUT2D eigenvalue weighted by molar-refractivity contribution is 0.289. The fraction of sp³-hybridized carbons (Fsp3) is 0.655. The summed E-state index contributed by atoms with van der Waals surface area (Å²) in [5.41, 5.74) is 2.93. The average molecular weight is 393 g/mol. The van der Waals surface area contributed by atoms with Crippen LogP contribution in [0.1, 0.15) is 114 Å². The van der Waals surface area contributed by atoms with E-state index in [1.165, 1.54) is 95.5 Å². The Morgan fingerprint density at radius 3 is 2.10 bits per heavy atom. The molecule has 160 valence electrons. The van der Waals surface area contributed by atoms with Crippen LogP contribution >= 0.6 is 0 Å². The van der Waals surface area contributed by atoms with Gasteiger partial charge >= 0.3 is 0 Å². The molecule has 0 N–H and O–H groups in total. The van der Waals surface area contributed by atoms with E-state index in [1.54, 1.807) is 5.56 Å². The first-order valence-electron chi connectivity index (χ1n) is 12.7. The maximum absolute atomic E-state index is 3.97. The second-order valence-electron chi connectivity index (χ2n) is 9.86. The number of rotatable bonds is 10. The molecule has 0 spiro atoms. The molecule has 29 heavy (non-hydrogen) atoms. The summed E-state index contributed by atoms with van der Waals surface area (Å²) in [6.45, 7) is 6.28. The Balaban J connectivity index is 1.37. The van der Waals surface area contributed by atoms with E-state index in [0.29, 0.717) is 0 Å². The second-order valence-corrected chi connectivity index (χ2v) is 9.86. The normalized spacial score (nSPS) is 27.9. The minimum atomic E-state index is 0.754. The van der Waals surface area contributed by atoms with Crippen molar-refractivity contribution in [3.8, 4) is 0 Å². The molecule has 0 unspecified atom stereocenters. The number of unbranched alkanes of at least 4 members (excludes halogenated alkanes) is 4. The lowest BCUT2D eigenvalue weighted by Gasteiger charge is -2.27. The molecule has 0 aliphatic heterocycles. The summed E-state index contributed by atoms with van der Waals surface area (Å²) in [5.74, 6) is 3.34. The van der Waals surface area contributed by atoms with Gasteiger partial charge in [-0.3, -0.25) is 0 Å². The number of hydrogen-bond donors (Lipinski definition) is 0. The quantitative estimate of drug-likeness (QED) is 0.275. The third-order valence-corrected chi connectivity index (χ3v) is 7.68. The first kappa shape index (κ1) is 22.4. The number of hydrogen-bond acceptors (Lipinski definition) is 0. The molecule has 0 bridgehead atoms. The second kappa shape index (κ2) is 12.4. The van der Waals surface area contributed by atoms with Gasteiger partial charge in [0.2, 0.25) is 0 Å². The first-order valence-corrected chi connectivity index (χ1v) is 12.7. The van der Waals surface area contributed by atoms with E-state index in [1.807, 2.05) is 0 Å². The van der Waals surface area contributed by atoms with Gasteiger partial charge in [-0.2, -0.15) is 0 Å². The van der Waals surface area contributed by atoms with Gasteiger partial charge in [0, 0.05) is 0 Å². The van der Waals surface area contributed by atoms with Crippen molar-refractivity contribution in [2.24, 2.45) is 17.8 Å². The van der Waals surface area contributed by atoms with Gasteiger partial charge in [0.05, 0.1) is 0 Å². The molecular formula is C29H44. The highest BCUT2D eigenvalue weighted by Gasteiger charge is 2.21. The summed E-state index contributed by atoms with van der Waals surface area (Å²) < 4.78 is 0. The molecule has 2 aliphatic carbocycles. The SMILES string of the molecule is C=CC1CCC(c2ccc(C=CC3CCC(CCCCCCC)CC3)cc2)CC1. The average Bonchev–Trinajstić information content (AvgIpc) is 2.79. The van der Waals surface area contributed by atoms with Crippen LogP contribution in [0.4, 0.5) is 0 Å². The molecule has 0 atom stereocenters. The van der Waals surface area contributed by atoms with Crippen LogP contribution in [0.25, 0.3) is 6.08 Å². The Morgan fingerprint density at radius 1 is 0.793 bits per heavy atom. The van der Waals surface area contributed by atoms with Gasteiger partial charge in [-0.25, -0.2) is 0 Å². The number of allylic oxidation sites excluding steroid dienone is 2. The van der Waals surface area contributed by atoms with Crippen molar-refractivity contribution in [3.63, 3.8) is 0 Å². The molecule has 1 aromatic rings. The van der Waals surface area contributed by atoms with Crippen molar-refractivity contribution in [1.29, 1.82) is 0 Å². The smallest absolute Gasteiger partial charge is 0.0162 e. The van der Waals surface area contributed by atoms with E-state index in [0.717, 1.165) is 23.7 Å². The molecule has 0 nitrogen and oxygen atoms in total. The van der Waals surface area contributed by atoms with Gasteiger partial charge in [-0.05, 0) is 86.2 Å². The topological polar surface area (TPSA) is 0 Å². The van der Waals surface area contributed by atoms with Crippen LogP contribution < -0.4 is 0 Å². The van der Waals surface area contributed by atoms with Gasteiger partial charge in [0.25, 0.3) is 0 Å². The molecule has 0 aromatic heterocycles. The fourth-order valence-electron chi connectivity index (χ4n) is 5.52. The van der Waals surface area contributed by atoms with Crippen LogP contribution in [0.3, 0.4) is 0 Å². The van der Waals surface area contributed by atoms with E-state index in [4.69, 9.17) is 0 Å². The maximum atomic E-state index is 3.97. The minimum absolute atomic E-state index is 0.754. The molecule has 1 aromatic carbocycles. The molecule has 0 amide bonds. The predicted molar refractivity (Wildman–Crippen MR) is 129 cm³/mol. The van der Waals surface area contributed by atoms with Crippen molar-refractivity contribution in [1.82, 2.24) is 0 Å². The Hall–Kier alpha value is -1.30. The Bertz CT molecular complexity index is 591. The molecule has 0 saturated heterocycles. The van der Waals surface area contributed by atoms with Gasteiger partial charge in [0.15, 0.2) is 0 Å². The van der Waals surface area contributed by atoms with E-state index in [2.05, 4.69) is 56.0 Å². The first-order chi connectivity index (χ1) is 14.3. The number of benzene rings is 1. The summed E-state index contributed by atoms with van der Waals surface area (Å²) in [4.78, 5) is 0. The van der Waals surface area contributed by atoms with Crippen LogP contribution in [0, 0.1) is 17.8 Å². The third kappa shape index (κ3) is 7.47. The van der Waals surface area contributed by atoms with E-state index >= 15 is 0 Å². The maximum Gasteiger partial charge on any atom is -0.0162 e. The minimum Gasteiger partial charge on any atom is -0.103 e. The van der Waals surface area contributed by atoms with E-state index in [-0.39, 0.29) is 0 Å². The summed E-state index contributed by atoms with van der Waals surface area (Å²) in [6.07, 6.45) is 26.7.